The predicted octanol–water partition coefficient (Wildman–Crippen LogP) is 1.01. The van der Waals surface area contributed by atoms with E-state index >= 15 is 0 Å². The van der Waals surface area contributed by atoms with Crippen LogP contribution in [0.1, 0.15) is 0 Å². The maximum absolute atomic E-state index is 12.5. The smallest absolute Gasteiger partial charge is 0.302 e. The number of hydrogen-bond donors (Lipinski definition) is 2. The lowest BCUT2D eigenvalue weighted by atomic mass is 11.3. The van der Waals surface area contributed by atoms with Crippen molar-refractivity contribution in [1.29, 1.82) is 0 Å². The van der Waals surface area contributed by atoms with Crippen LogP contribution in [0.4, 0.5) is 0 Å². The Morgan fingerprint density at radius 3 is 1.32 bits per heavy atom. The molecule has 0 radical (unpaired) electrons. The third-order valence-electron chi connectivity index (χ3n) is 1.92. The molecule has 13 heteroatoms. The fourth-order valence-corrected chi connectivity index (χ4v) is 6.52. The van der Waals surface area contributed by atoms with E-state index in [9.17, 15) is 13.7 Å². The topological polar surface area (TPSA) is 120 Å². The summed E-state index contributed by atoms with van der Waals surface area (Å²) >= 11 is 0. The molecule has 0 aliphatic heterocycles. The van der Waals surface area contributed by atoms with Gasteiger partial charge in [-0.2, -0.15) is 4.31 Å². The number of hydrogen-bond acceptors (Lipinski definition) is 5. The van der Waals surface area contributed by atoms with Crippen molar-refractivity contribution in [3.63, 3.8) is 0 Å². The Kier molecular flexibility index (Phi) is 6.59. The molecule has 0 fully saturated rings. The summed E-state index contributed by atoms with van der Waals surface area (Å²) < 4.78 is 48.0. The molecule has 1 unspecified atom stereocenters. The second kappa shape index (κ2) is 6.45. The maximum Gasteiger partial charge on any atom is 0.477 e. The first-order valence-corrected chi connectivity index (χ1v) is 9.52. The van der Waals surface area contributed by atoms with E-state index in [0.717, 1.165) is 14.0 Å². The van der Waals surface area contributed by atoms with E-state index in [1.807, 2.05) is 0 Å². The molecule has 0 aliphatic rings. The van der Waals surface area contributed by atoms with Gasteiger partial charge in [0, 0.05) is 0 Å². The average Bonchev–Trinajstić information content (AvgIpc) is 2.13. The van der Waals surface area contributed by atoms with Crippen molar-refractivity contribution in [2.45, 2.75) is 0 Å². The quantitative estimate of drug-likeness (QED) is 0.650. The minimum atomic E-state index is -5.08. The van der Waals surface area contributed by atoms with Crippen LogP contribution in [0.2, 0.25) is 0 Å². The van der Waals surface area contributed by atoms with E-state index < -0.39 is 23.2 Å². The molecule has 0 heterocycles. The minimum absolute atomic E-state index is 0.839. The largest absolute Gasteiger partial charge is 0.477 e. The van der Waals surface area contributed by atoms with E-state index in [2.05, 4.69) is 4.31 Å². The van der Waals surface area contributed by atoms with Crippen LogP contribution in [0.3, 0.4) is 0 Å². The molecule has 0 amide bonds. The van der Waals surface area contributed by atoms with Crippen molar-refractivity contribution in [2.75, 3.05) is 42.3 Å². The molecule has 0 spiro atoms. The Hall–Kier alpha value is 0.410. The van der Waals surface area contributed by atoms with Gasteiger partial charge < -0.3 is 9.79 Å². The first-order chi connectivity index (χ1) is 8.24. The molecule has 19 heavy (non-hydrogen) atoms. The maximum atomic E-state index is 12.5. The molecule has 116 valence electrons. The molecular weight excluding hydrogens is 319 g/mol. The SMILES string of the molecule is CN(C)P(=O)(OP(=O)(O)O)OP(=O)(N(C)C)N(C)C. The fraction of sp³-hybridized carbons (Fsp3) is 1.00. The number of nitrogens with zero attached hydrogens (tertiary/aromatic N) is 3. The van der Waals surface area contributed by atoms with Crippen molar-refractivity contribution >= 4 is 23.2 Å². The third-order valence-corrected chi connectivity index (χ3v) is 8.27. The van der Waals surface area contributed by atoms with Crippen molar-refractivity contribution in [1.82, 2.24) is 14.0 Å². The second-order valence-corrected chi connectivity index (χ2v) is 10.8. The summed E-state index contributed by atoms with van der Waals surface area (Å²) in [5, 5.41) is 0. The van der Waals surface area contributed by atoms with Crippen molar-refractivity contribution in [3.05, 3.63) is 0 Å². The summed E-state index contributed by atoms with van der Waals surface area (Å²) in [5.41, 5.74) is 0. The fourth-order valence-electron chi connectivity index (χ4n) is 0.934. The molecule has 0 aromatic carbocycles. The molecule has 0 saturated heterocycles. The second-order valence-electron chi connectivity index (χ2n) is 4.15. The van der Waals surface area contributed by atoms with Crippen molar-refractivity contribution in [2.24, 2.45) is 0 Å². The monoisotopic (exact) mass is 339 g/mol. The van der Waals surface area contributed by atoms with Crippen LogP contribution in [0, 0.1) is 0 Å². The Balaban J connectivity index is 5.53. The summed E-state index contributed by atoms with van der Waals surface area (Å²) in [6.45, 7) is 0. The summed E-state index contributed by atoms with van der Waals surface area (Å²) in [7, 11) is -5.11. The zero-order valence-corrected chi connectivity index (χ0v) is 14.3. The minimum Gasteiger partial charge on any atom is -0.302 e. The third kappa shape index (κ3) is 5.36. The van der Waals surface area contributed by atoms with Gasteiger partial charge in [-0.05, 0) is 42.3 Å². The molecule has 1 atom stereocenters. The Labute approximate surface area is 112 Å². The van der Waals surface area contributed by atoms with Crippen LogP contribution in [0.25, 0.3) is 0 Å². The average molecular weight is 339 g/mol. The molecule has 0 aromatic heterocycles. The molecule has 0 aliphatic carbocycles. The van der Waals surface area contributed by atoms with Gasteiger partial charge in [0.2, 0.25) is 0 Å². The number of rotatable bonds is 7. The first kappa shape index (κ1) is 19.4. The van der Waals surface area contributed by atoms with Crippen LogP contribution in [-0.2, 0) is 22.3 Å². The Morgan fingerprint density at radius 1 is 0.737 bits per heavy atom. The molecule has 0 bridgehead atoms. The molecular formula is C6H20N3O7P3. The zero-order valence-electron chi connectivity index (χ0n) is 11.6. The van der Waals surface area contributed by atoms with E-state index in [0.29, 0.717) is 0 Å². The van der Waals surface area contributed by atoms with Gasteiger partial charge in [-0.1, -0.05) is 0 Å². The van der Waals surface area contributed by atoms with Crippen molar-refractivity contribution in [3.8, 4) is 0 Å². The van der Waals surface area contributed by atoms with Crippen LogP contribution in [0.15, 0.2) is 0 Å². The Bertz CT molecular complexity index is 433. The lowest BCUT2D eigenvalue weighted by Crippen LogP contribution is -2.24. The highest BCUT2D eigenvalue weighted by Crippen LogP contribution is 2.71. The van der Waals surface area contributed by atoms with Crippen LogP contribution in [0.5, 0.6) is 0 Å². The lowest BCUT2D eigenvalue weighted by molar-refractivity contribution is 0.235. The molecule has 10 nitrogen and oxygen atoms in total. The van der Waals surface area contributed by atoms with Gasteiger partial charge in [0.25, 0.3) is 0 Å². The van der Waals surface area contributed by atoms with Gasteiger partial charge in [0.05, 0.1) is 0 Å². The first-order valence-electron chi connectivity index (χ1n) is 4.96. The molecule has 0 aromatic rings. The van der Waals surface area contributed by atoms with Crippen LogP contribution < -0.4 is 0 Å². The highest BCUT2D eigenvalue weighted by molar-refractivity contribution is 7.70. The summed E-state index contributed by atoms with van der Waals surface area (Å²) in [6.07, 6.45) is 0. The molecule has 0 saturated carbocycles. The van der Waals surface area contributed by atoms with Gasteiger partial charge in [0.15, 0.2) is 0 Å². The van der Waals surface area contributed by atoms with E-state index in [-0.39, 0.29) is 0 Å². The predicted molar refractivity (Wildman–Crippen MR) is 70.5 cm³/mol. The van der Waals surface area contributed by atoms with Gasteiger partial charge in [-0.3, -0.25) is 4.57 Å². The van der Waals surface area contributed by atoms with E-state index in [1.54, 1.807) is 0 Å². The van der Waals surface area contributed by atoms with E-state index in [4.69, 9.17) is 14.1 Å². The summed E-state index contributed by atoms with van der Waals surface area (Å²) in [6, 6.07) is 0. The Morgan fingerprint density at radius 2 is 1.11 bits per heavy atom. The molecule has 0 rings (SSSR count). The molecule has 2 N–H and O–H groups in total. The van der Waals surface area contributed by atoms with E-state index in [1.165, 1.54) is 42.3 Å². The standard InChI is InChI=1S/C6H20N3O7P3/c1-7(2)17(10,8(3)4)15-18(11,9(5)6)16-19(12,13)14/h1-6H3,(H2,12,13,14). The van der Waals surface area contributed by atoms with Crippen LogP contribution in [-0.4, -0.2) is 66.1 Å². The van der Waals surface area contributed by atoms with Crippen molar-refractivity contribution < 1.29 is 32.1 Å². The lowest BCUT2D eigenvalue weighted by Gasteiger charge is -2.33. The van der Waals surface area contributed by atoms with Gasteiger partial charge in [-0.25, -0.2) is 27.5 Å². The van der Waals surface area contributed by atoms with Gasteiger partial charge in [-0.15, -0.1) is 0 Å². The highest BCUT2D eigenvalue weighted by Gasteiger charge is 2.45. The number of phosphoric acid groups is 1. The zero-order chi connectivity index (χ0) is 15.6. The van der Waals surface area contributed by atoms with Gasteiger partial charge >= 0.3 is 23.2 Å². The highest BCUT2D eigenvalue weighted by atomic mass is 31.3. The summed E-state index contributed by atoms with van der Waals surface area (Å²) in [5.74, 6) is 0. The summed E-state index contributed by atoms with van der Waals surface area (Å²) in [4.78, 5) is 17.5. The van der Waals surface area contributed by atoms with Gasteiger partial charge in [0.1, 0.15) is 0 Å². The normalized spacial score (nSPS) is 17.2. The van der Waals surface area contributed by atoms with Crippen LogP contribution >= 0.6 is 23.2 Å².